The third-order valence-corrected chi connectivity index (χ3v) is 4.62. The number of rotatable bonds is 3. The van der Waals surface area contributed by atoms with E-state index in [9.17, 15) is 14.9 Å². The molecule has 6 nitrogen and oxygen atoms in total. The molecule has 0 unspecified atom stereocenters. The summed E-state index contributed by atoms with van der Waals surface area (Å²) in [5.41, 5.74) is 6.03. The Kier molecular flexibility index (Phi) is 4.16. The van der Waals surface area contributed by atoms with Gasteiger partial charge in [0.2, 0.25) is 0 Å². The molecule has 114 valence electrons. The summed E-state index contributed by atoms with van der Waals surface area (Å²) in [6, 6.07) is 4.37. The molecule has 0 aromatic heterocycles. The van der Waals surface area contributed by atoms with Gasteiger partial charge in [-0.25, -0.2) is 0 Å². The number of likely N-dealkylation sites (tertiary alicyclic amines) is 1. The van der Waals surface area contributed by atoms with E-state index in [0.29, 0.717) is 13.1 Å². The van der Waals surface area contributed by atoms with Gasteiger partial charge in [0.05, 0.1) is 10.5 Å². The number of carbonyl (C=O) groups excluding carboxylic acids is 1. The summed E-state index contributed by atoms with van der Waals surface area (Å²) in [5, 5.41) is 10.9. The van der Waals surface area contributed by atoms with Crippen molar-refractivity contribution in [1.82, 2.24) is 4.90 Å². The molecule has 21 heavy (non-hydrogen) atoms. The molecule has 0 bridgehead atoms. The van der Waals surface area contributed by atoms with Gasteiger partial charge in [0, 0.05) is 19.2 Å². The van der Waals surface area contributed by atoms with Crippen LogP contribution in [-0.4, -0.2) is 28.8 Å². The highest BCUT2D eigenvalue weighted by Crippen LogP contribution is 2.35. The first-order valence-corrected chi connectivity index (χ1v) is 7.20. The molecular weight excluding hydrogens is 270 g/mol. The van der Waals surface area contributed by atoms with Crippen LogP contribution in [0.4, 0.5) is 11.4 Å². The Balaban J connectivity index is 2.19. The summed E-state index contributed by atoms with van der Waals surface area (Å²) in [5.74, 6) is -0.214. The maximum absolute atomic E-state index is 12.5. The average molecular weight is 291 g/mol. The van der Waals surface area contributed by atoms with Gasteiger partial charge < -0.3 is 10.6 Å². The van der Waals surface area contributed by atoms with Crippen molar-refractivity contribution in [3.63, 3.8) is 0 Å². The average Bonchev–Trinajstić information content (AvgIpc) is 2.47. The zero-order chi connectivity index (χ0) is 15.6. The van der Waals surface area contributed by atoms with Crippen molar-refractivity contribution in [2.24, 2.45) is 5.41 Å². The summed E-state index contributed by atoms with van der Waals surface area (Å²) in [6.45, 7) is 5.74. The molecule has 1 aliphatic rings. The predicted molar refractivity (Wildman–Crippen MR) is 81.0 cm³/mol. The summed E-state index contributed by atoms with van der Waals surface area (Å²) in [6.07, 6.45) is 2.99. The number of nitrogen functional groups attached to an aromatic ring is 1. The highest BCUT2D eigenvalue weighted by Gasteiger charge is 2.32. The van der Waals surface area contributed by atoms with Crippen LogP contribution in [-0.2, 0) is 0 Å². The Morgan fingerprint density at radius 1 is 1.43 bits per heavy atom. The molecule has 0 spiro atoms. The molecule has 6 heteroatoms. The van der Waals surface area contributed by atoms with Gasteiger partial charge in [-0.05, 0) is 24.3 Å². The molecule has 1 heterocycles. The summed E-state index contributed by atoms with van der Waals surface area (Å²) >= 11 is 0. The highest BCUT2D eigenvalue weighted by atomic mass is 16.6. The van der Waals surface area contributed by atoms with Crippen molar-refractivity contribution < 1.29 is 9.72 Å². The molecule has 0 atom stereocenters. The Morgan fingerprint density at radius 3 is 2.57 bits per heavy atom. The molecule has 1 amide bonds. The first-order chi connectivity index (χ1) is 9.88. The zero-order valence-electron chi connectivity index (χ0n) is 12.5. The van der Waals surface area contributed by atoms with E-state index < -0.39 is 4.92 Å². The quantitative estimate of drug-likeness (QED) is 0.527. The lowest BCUT2D eigenvalue weighted by Gasteiger charge is -2.39. The van der Waals surface area contributed by atoms with Gasteiger partial charge in [0.25, 0.3) is 11.6 Å². The second kappa shape index (κ2) is 5.71. The van der Waals surface area contributed by atoms with Gasteiger partial charge in [0.1, 0.15) is 5.69 Å². The Hall–Kier alpha value is -2.11. The zero-order valence-corrected chi connectivity index (χ0v) is 12.5. The third kappa shape index (κ3) is 2.99. The predicted octanol–water partition coefficient (Wildman–Crippen LogP) is 2.83. The number of nitrogens with zero attached hydrogens (tertiary/aromatic N) is 2. The fourth-order valence-corrected chi connectivity index (χ4v) is 2.67. The lowest BCUT2D eigenvalue weighted by molar-refractivity contribution is -0.383. The molecule has 1 fully saturated rings. The van der Waals surface area contributed by atoms with Crippen LogP contribution in [0.25, 0.3) is 0 Å². The largest absolute Gasteiger partial charge is 0.393 e. The number of nitro benzene ring substituents is 1. The minimum Gasteiger partial charge on any atom is -0.393 e. The third-order valence-electron chi connectivity index (χ3n) is 4.62. The van der Waals surface area contributed by atoms with Crippen molar-refractivity contribution in [2.75, 3.05) is 18.8 Å². The monoisotopic (exact) mass is 291 g/mol. The van der Waals surface area contributed by atoms with E-state index in [2.05, 4.69) is 13.8 Å². The summed E-state index contributed by atoms with van der Waals surface area (Å²) < 4.78 is 0. The number of para-hydroxylation sites is 1. The van der Waals surface area contributed by atoms with E-state index in [1.165, 1.54) is 12.1 Å². The van der Waals surface area contributed by atoms with E-state index in [1.54, 1.807) is 11.0 Å². The maximum Gasteiger partial charge on any atom is 0.292 e. The second-order valence-electron chi connectivity index (χ2n) is 5.95. The summed E-state index contributed by atoms with van der Waals surface area (Å²) in [4.78, 5) is 24.6. The number of amides is 1. The van der Waals surface area contributed by atoms with Gasteiger partial charge in [-0.1, -0.05) is 26.3 Å². The Labute approximate surface area is 124 Å². The Bertz CT molecular complexity index is 563. The van der Waals surface area contributed by atoms with Gasteiger partial charge in [0.15, 0.2) is 0 Å². The second-order valence-corrected chi connectivity index (χ2v) is 5.95. The number of benzene rings is 1. The van der Waals surface area contributed by atoms with Crippen molar-refractivity contribution in [3.8, 4) is 0 Å². The maximum atomic E-state index is 12.5. The molecule has 1 aliphatic heterocycles. The fourth-order valence-electron chi connectivity index (χ4n) is 2.67. The SMILES string of the molecule is CCC1(C)CCN(C(=O)c2cccc([N+](=O)[O-])c2N)CC1. The van der Waals surface area contributed by atoms with E-state index in [1.807, 2.05) is 0 Å². The van der Waals surface area contributed by atoms with E-state index in [4.69, 9.17) is 5.73 Å². The number of hydrogen-bond donors (Lipinski definition) is 1. The molecule has 2 rings (SSSR count). The molecule has 0 saturated carbocycles. The van der Waals surface area contributed by atoms with E-state index in [-0.39, 0.29) is 28.3 Å². The van der Waals surface area contributed by atoms with Crippen LogP contribution in [0, 0.1) is 15.5 Å². The number of piperidine rings is 1. The van der Waals surface area contributed by atoms with Crippen LogP contribution < -0.4 is 5.73 Å². The standard InChI is InChI=1S/C15H21N3O3/c1-3-15(2)7-9-17(10-8-15)14(19)11-5-4-6-12(13(11)16)18(20)21/h4-6H,3,7-10,16H2,1-2H3. The topological polar surface area (TPSA) is 89.5 Å². The molecular formula is C15H21N3O3. The van der Waals surface area contributed by atoms with Gasteiger partial charge >= 0.3 is 0 Å². The molecule has 1 aromatic carbocycles. The van der Waals surface area contributed by atoms with Gasteiger partial charge in [-0.2, -0.15) is 0 Å². The lowest BCUT2D eigenvalue weighted by atomic mass is 9.78. The molecule has 0 radical (unpaired) electrons. The lowest BCUT2D eigenvalue weighted by Crippen LogP contribution is -2.42. The Morgan fingerprint density at radius 2 is 2.05 bits per heavy atom. The minimum absolute atomic E-state index is 0.0451. The van der Waals surface area contributed by atoms with Crippen LogP contribution in [0.2, 0.25) is 0 Å². The van der Waals surface area contributed by atoms with Crippen molar-refractivity contribution in [3.05, 3.63) is 33.9 Å². The van der Waals surface area contributed by atoms with Crippen LogP contribution in [0.15, 0.2) is 18.2 Å². The number of nitrogens with two attached hydrogens (primary N) is 1. The normalized spacial score (nSPS) is 17.5. The molecule has 0 aliphatic carbocycles. The van der Waals surface area contributed by atoms with Crippen molar-refractivity contribution in [1.29, 1.82) is 0 Å². The first-order valence-electron chi connectivity index (χ1n) is 7.20. The fraction of sp³-hybridized carbons (Fsp3) is 0.533. The van der Waals surface area contributed by atoms with Gasteiger partial charge in [-0.3, -0.25) is 14.9 Å². The minimum atomic E-state index is -0.559. The number of anilines is 1. The number of nitro groups is 1. The smallest absolute Gasteiger partial charge is 0.292 e. The van der Waals surface area contributed by atoms with Crippen molar-refractivity contribution >= 4 is 17.3 Å². The van der Waals surface area contributed by atoms with E-state index in [0.717, 1.165) is 19.3 Å². The van der Waals surface area contributed by atoms with Crippen LogP contribution in [0.1, 0.15) is 43.5 Å². The van der Waals surface area contributed by atoms with Crippen LogP contribution in [0.5, 0.6) is 0 Å². The summed E-state index contributed by atoms with van der Waals surface area (Å²) in [7, 11) is 0. The number of carbonyl (C=O) groups is 1. The van der Waals surface area contributed by atoms with Crippen LogP contribution >= 0.6 is 0 Å². The molecule has 2 N–H and O–H groups in total. The van der Waals surface area contributed by atoms with Crippen molar-refractivity contribution in [2.45, 2.75) is 33.1 Å². The van der Waals surface area contributed by atoms with Gasteiger partial charge in [-0.15, -0.1) is 0 Å². The first kappa shape index (κ1) is 15.3. The molecule has 1 saturated heterocycles. The highest BCUT2D eigenvalue weighted by molar-refractivity contribution is 6.01. The van der Waals surface area contributed by atoms with Crippen LogP contribution in [0.3, 0.4) is 0 Å². The van der Waals surface area contributed by atoms with E-state index >= 15 is 0 Å². The number of hydrogen-bond acceptors (Lipinski definition) is 4. The molecule has 1 aromatic rings.